The van der Waals surface area contributed by atoms with Crippen molar-refractivity contribution in [3.8, 4) is 0 Å². The van der Waals surface area contributed by atoms with Gasteiger partial charge >= 0.3 is 6.18 Å². The highest BCUT2D eigenvalue weighted by atomic mass is 32.2. The molecule has 5 nitrogen and oxygen atoms in total. The molecule has 0 aliphatic rings. The first-order chi connectivity index (χ1) is 12.8. The summed E-state index contributed by atoms with van der Waals surface area (Å²) in [6.07, 6.45) is -3.79. The van der Waals surface area contributed by atoms with Gasteiger partial charge in [0, 0.05) is 5.69 Å². The number of halogens is 3. The molecule has 0 heterocycles. The lowest BCUT2D eigenvalue weighted by molar-refractivity contribution is -0.137. The molecule has 0 saturated heterocycles. The summed E-state index contributed by atoms with van der Waals surface area (Å²) in [5, 5.41) is 2.62. The third kappa shape index (κ3) is 5.25. The highest BCUT2D eigenvalue weighted by molar-refractivity contribution is 7.92. The topological polar surface area (TPSA) is 66.5 Å². The van der Waals surface area contributed by atoms with E-state index in [0.717, 1.165) is 29.5 Å². The number of hydrogen-bond donors (Lipinski definition) is 1. The van der Waals surface area contributed by atoms with Gasteiger partial charge in [-0.15, -0.1) is 0 Å². The molecule has 0 aromatic heterocycles. The minimum atomic E-state index is -4.64. The number of amides is 1. The number of nitrogens with zero attached hydrogens (tertiary/aromatic N) is 1. The van der Waals surface area contributed by atoms with Gasteiger partial charge in [-0.1, -0.05) is 12.1 Å². The minimum Gasteiger partial charge on any atom is -0.324 e. The lowest BCUT2D eigenvalue weighted by Crippen LogP contribution is -2.45. The van der Waals surface area contributed by atoms with Gasteiger partial charge in [-0.25, -0.2) is 8.42 Å². The zero-order valence-electron chi connectivity index (χ0n) is 15.8. The van der Waals surface area contributed by atoms with Crippen molar-refractivity contribution in [2.75, 3.05) is 15.9 Å². The average Bonchev–Trinajstić information content (AvgIpc) is 2.52. The molecular formula is C19H21F3N2O3S. The fourth-order valence-electron chi connectivity index (χ4n) is 2.92. The first-order valence-corrected chi connectivity index (χ1v) is 10.2. The number of aryl methyl sites for hydroxylation is 2. The second-order valence-corrected chi connectivity index (χ2v) is 8.51. The second-order valence-electron chi connectivity index (χ2n) is 6.65. The molecule has 0 aliphatic heterocycles. The number of hydrogen-bond acceptors (Lipinski definition) is 3. The summed E-state index contributed by atoms with van der Waals surface area (Å²) in [4.78, 5) is 12.6. The summed E-state index contributed by atoms with van der Waals surface area (Å²) in [6.45, 7) is 5.01. The Balaban J connectivity index is 2.39. The molecule has 1 N–H and O–H groups in total. The standard InChI is InChI=1S/C19H21F3N2O3S/c1-12-8-13(2)10-16(9-12)23-18(25)14(3)24(28(4,26)27)17-7-5-6-15(11-17)19(20,21)22/h5-11,14H,1-4H3,(H,23,25)/t14-/m1/s1. The molecule has 1 atom stereocenters. The van der Waals surface area contributed by atoms with Gasteiger partial charge in [0.05, 0.1) is 17.5 Å². The molecule has 1 amide bonds. The maximum atomic E-state index is 13.0. The predicted octanol–water partition coefficient (Wildman–Crippen LogP) is 4.12. The zero-order valence-corrected chi connectivity index (χ0v) is 16.6. The monoisotopic (exact) mass is 414 g/mol. The van der Waals surface area contributed by atoms with E-state index in [-0.39, 0.29) is 5.69 Å². The van der Waals surface area contributed by atoms with Gasteiger partial charge in [0.2, 0.25) is 15.9 Å². The van der Waals surface area contributed by atoms with Crippen LogP contribution in [0.5, 0.6) is 0 Å². The Morgan fingerprint density at radius 1 is 1.07 bits per heavy atom. The summed E-state index contributed by atoms with van der Waals surface area (Å²) in [6, 6.07) is 7.94. The van der Waals surface area contributed by atoms with Crippen molar-refractivity contribution in [1.82, 2.24) is 0 Å². The van der Waals surface area contributed by atoms with Crippen LogP contribution in [0.4, 0.5) is 24.5 Å². The molecule has 9 heteroatoms. The van der Waals surface area contributed by atoms with Crippen LogP contribution in [-0.2, 0) is 21.0 Å². The highest BCUT2D eigenvalue weighted by Gasteiger charge is 2.34. The summed E-state index contributed by atoms with van der Waals surface area (Å²) >= 11 is 0. The van der Waals surface area contributed by atoms with Crippen LogP contribution in [0.15, 0.2) is 42.5 Å². The van der Waals surface area contributed by atoms with Crippen molar-refractivity contribution in [1.29, 1.82) is 0 Å². The van der Waals surface area contributed by atoms with Gasteiger partial charge in [0.25, 0.3) is 0 Å². The Morgan fingerprint density at radius 3 is 2.14 bits per heavy atom. The van der Waals surface area contributed by atoms with Crippen LogP contribution in [0, 0.1) is 13.8 Å². The zero-order chi connectivity index (χ0) is 21.3. The number of rotatable bonds is 5. The first kappa shape index (κ1) is 21.7. The second kappa shape index (κ2) is 7.83. The Kier molecular flexibility index (Phi) is 6.08. The van der Waals surface area contributed by atoms with Gasteiger partial charge in [-0.3, -0.25) is 9.10 Å². The van der Waals surface area contributed by atoms with E-state index in [1.54, 1.807) is 12.1 Å². The molecule has 28 heavy (non-hydrogen) atoms. The Hall–Kier alpha value is -2.55. The first-order valence-electron chi connectivity index (χ1n) is 8.35. The van der Waals surface area contributed by atoms with E-state index >= 15 is 0 Å². The minimum absolute atomic E-state index is 0.236. The van der Waals surface area contributed by atoms with Crippen LogP contribution in [0.3, 0.4) is 0 Å². The Labute approximate surface area is 162 Å². The summed E-state index contributed by atoms with van der Waals surface area (Å²) in [5.74, 6) is -0.659. The lowest BCUT2D eigenvalue weighted by Gasteiger charge is -2.28. The van der Waals surface area contributed by atoms with Crippen molar-refractivity contribution in [2.24, 2.45) is 0 Å². The van der Waals surface area contributed by atoms with Gasteiger partial charge in [0.15, 0.2) is 0 Å². The maximum absolute atomic E-state index is 13.0. The lowest BCUT2D eigenvalue weighted by atomic mass is 10.1. The number of carbonyl (C=O) groups is 1. The summed E-state index contributed by atoms with van der Waals surface area (Å²) in [5.41, 5.74) is 1.05. The van der Waals surface area contributed by atoms with E-state index in [2.05, 4.69) is 5.32 Å². The number of anilines is 2. The van der Waals surface area contributed by atoms with E-state index in [4.69, 9.17) is 0 Å². The van der Waals surface area contributed by atoms with Gasteiger partial charge in [-0.05, 0) is 62.2 Å². The molecular weight excluding hydrogens is 393 g/mol. The van der Waals surface area contributed by atoms with Crippen LogP contribution >= 0.6 is 0 Å². The number of alkyl halides is 3. The van der Waals surface area contributed by atoms with Crippen LogP contribution in [0.2, 0.25) is 0 Å². The smallest absolute Gasteiger partial charge is 0.324 e. The molecule has 0 fully saturated rings. The highest BCUT2D eigenvalue weighted by Crippen LogP contribution is 2.33. The van der Waals surface area contributed by atoms with E-state index in [0.29, 0.717) is 16.1 Å². The molecule has 0 aliphatic carbocycles. The molecule has 0 unspecified atom stereocenters. The van der Waals surface area contributed by atoms with Crippen LogP contribution in [0.25, 0.3) is 0 Å². The number of carbonyl (C=O) groups excluding carboxylic acids is 1. The Bertz CT molecular complexity index is 968. The van der Waals surface area contributed by atoms with Crippen molar-refractivity contribution < 1.29 is 26.4 Å². The Morgan fingerprint density at radius 2 is 1.64 bits per heavy atom. The van der Waals surface area contributed by atoms with Crippen molar-refractivity contribution in [2.45, 2.75) is 33.0 Å². The molecule has 0 saturated carbocycles. The molecule has 0 bridgehead atoms. The van der Waals surface area contributed by atoms with Crippen LogP contribution in [0.1, 0.15) is 23.6 Å². The van der Waals surface area contributed by atoms with E-state index < -0.39 is 33.7 Å². The fraction of sp³-hybridized carbons (Fsp3) is 0.316. The number of benzene rings is 2. The van der Waals surface area contributed by atoms with Gasteiger partial charge in [0.1, 0.15) is 6.04 Å². The molecule has 152 valence electrons. The third-order valence-electron chi connectivity index (χ3n) is 4.01. The summed E-state index contributed by atoms with van der Waals surface area (Å²) in [7, 11) is -4.03. The largest absolute Gasteiger partial charge is 0.416 e. The summed E-state index contributed by atoms with van der Waals surface area (Å²) < 4.78 is 64.2. The van der Waals surface area contributed by atoms with E-state index in [1.807, 2.05) is 19.9 Å². The maximum Gasteiger partial charge on any atom is 0.416 e. The quantitative estimate of drug-likeness (QED) is 0.801. The molecule has 2 rings (SSSR count). The number of sulfonamides is 1. The van der Waals surface area contributed by atoms with Gasteiger partial charge in [-0.2, -0.15) is 13.2 Å². The average molecular weight is 414 g/mol. The fourth-order valence-corrected chi connectivity index (χ4v) is 4.09. The molecule has 2 aromatic rings. The third-order valence-corrected chi connectivity index (χ3v) is 5.25. The van der Waals surface area contributed by atoms with Crippen LogP contribution in [-0.4, -0.2) is 26.6 Å². The van der Waals surface area contributed by atoms with E-state index in [1.165, 1.54) is 13.0 Å². The molecule has 0 radical (unpaired) electrons. The van der Waals surface area contributed by atoms with Crippen molar-refractivity contribution >= 4 is 27.3 Å². The predicted molar refractivity (Wildman–Crippen MR) is 103 cm³/mol. The number of nitrogens with one attached hydrogen (secondary N) is 1. The normalized spacial score (nSPS) is 13.1. The molecule has 0 spiro atoms. The van der Waals surface area contributed by atoms with Gasteiger partial charge < -0.3 is 5.32 Å². The van der Waals surface area contributed by atoms with Crippen molar-refractivity contribution in [3.63, 3.8) is 0 Å². The van der Waals surface area contributed by atoms with Crippen molar-refractivity contribution in [3.05, 3.63) is 59.2 Å². The molecule has 2 aromatic carbocycles. The van der Waals surface area contributed by atoms with Crippen LogP contribution < -0.4 is 9.62 Å². The van der Waals surface area contributed by atoms with E-state index in [9.17, 15) is 26.4 Å². The SMILES string of the molecule is Cc1cc(C)cc(NC(=O)[C@@H](C)N(c2cccc(C(F)(F)F)c2)S(C)(=O)=O)c1.